The average Bonchev–Trinajstić information content (AvgIpc) is 3.24. The van der Waals surface area contributed by atoms with Crippen molar-refractivity contribution >= 4 is 37.8 Å². The fourth-order valence-corrected chi connectivity index (χ4v) is 5.21. The molecule has 0 bridgehead atoms. The summed E-state index contributed by atoms with van der Waals surface area (Å²) in [6.45, 7) is 11.1. The van der Waals surface area contributed by atoms with Gasteiger partial charge in [-0.05, 0) is 40.4 Å². The first kappa shape index (κ1) is 27.0. The van der Waals surface area contributed by atoms with Crippen LogP contribution in [0.3, 0.4) is 0 Å². The Bertz CT molecular complexity index is 1080. The van der Waals surface area contributed by atoms with Gasteiger partial charge in [0, 0.05) is 26.6 Å². The Morgan fingerprint density at radius 1 is 1.17 bits per heavy atom. The topological polar surface area (TPSA) is 65.1 Å². The molecule has 0 saturated carbocycles. The quantitative estimate of drug-likeness (QED) is 0.308. The highest BCUT2D eigenvalue weighted by atomic mass is 35.5. The minimum atomic E-state index is -1.37. The van der Waals surface area contributed by atoms with Gasteiger partial charge in [-0.15, -0.1) is 0 Å². The van der Waals surface area contributed by atoms with E-state index in [1.54, 1.807) is 13.2 Å². The van der Waals surface area contributed by atoms with Crippen LogP contribution in [-0.2, 0) is 24.6 Å². The van der Waals surface area contributed by atoms with Gasteiger partial charge < -0.3 is 14.2 Å². The Balaban J connectivity index is 1.88. The van der Waals surface area contributed by atoms with Crippen molar-refractivity contribution in [1.29, 1.82) is 0 Å². The van der Waals surface area contributed by atoms with Crippen molar-refractivity contribution in [3.8, 4) is 11.1 Å². The van der Waals surface area contributed by atoms with Crippen LogP contribution in [0.2, 0.25) is 30.7 Å². The molecule has 2 aromatic rings. The first-order chi connectivity index (χ1) is 16.5. The number of hydrogen-bond donors (Lipinski definition) is 0. The molecule has 1 aliphatic rings. The maximum atomic E-state index is 13.0. The summed E-state index contributed by atoms with van der Waals surface area (Å²) in [4.78, 5) is 27.0. The van der Waals surface area contributed by atoms with E-state index in [-0.39, 0.29) is 13.0 Å². The van der Waals surface area contributed by atoms with Crippen LogP contribution in [0.25, 0.3) is 17.2 Å². The highest BCUT2D eigenvalue weighted by molar-refractivity contribution is 6.76. The zero-order chi connectivity index (χ0) is 25.8. The molecule has 1 aliphatic heterocycles. The molecular weight excluding hydrogens is 482 g/mol. The van der Waals surface area contributed by atoms with Gasteiger partial charge in [0.2, 0.25) is 0 Å². The van der Waals surface area contributed by atoms with Gasteiger partial charge in [-0.25, -0.2) is 9.59 Å². The molecule has 0 radical (unpaired) electrons. The predicted molar refractivity (Wildman–Crippen MR) is 142 cm³/mol. The van der Waals surface area contributed by atoms with E-state index in [0.29, 0.717) is 11.6 Å². The number of nitrogens with zero attached hydrogens (tertiary/aromatic N) is 1. The largest absolute Gasteiger partial charge is 0.467 e. The van der Waals surface area contributed by atoms with Gasteiger partial charge in [-0.2, -0.15) is 0 Å². The fourth-order valence-electron chi connectivity index (χ4n) is 4.32. The molecule has 3 rings (SSSR count). The Morgan fingerprint density at radius 3 is 2.43 bits per heavy atom. The lowest BCUT2D eigenvalue weighted by Gasteiger charge is -2.28. The van der Waals surface area contributed by atoms with Crippen LogP contribution in [0.4, 0.5) is 4.79 Å². The van der Waals surface area contributed by atoms with Crippen molar-refractivity contribution in [2.24, 2.45) is 0 Å². The van der Waals surface area contributed by atoms with Crippen molar-refractivity contribution in [3.63, 3.8) is 0 Å². The molecule has 0 aliphatic carbocycles. The zero-order valence-corrected chi connectivity index (χ0v) is 22.9. The normalized spacial score (nSPS) is 19.9. The number of methoxy groups -OCH3 is 2. The van der Waals surface area contributed by atoms with Crippen molar-refractivity contribution in [1.82, 2.24) is 4.90 Å². The third-order valence-electron chi connectivity index (χ3n) is 6.46. The third-order valence-corrected chi connectivity index (χ3v) is 8.40. The minimum Gasteiger partial charge on any atom is -0.467 e. The molecule has 0 N–H and O–H groups in total. The van der Waals surface area contributed by atoms with E-state index in [2.05, 4.69) is 26.2 Å². The molecule has 1 heterocycles. The lowest BCUT2D eigenvalue weighted by atomic mass is 9.89. The predicted octanol–water partition coefficient (Wildman–Crippen LogP) is 6.21. The Kier molecular flexibility index (Phi) is 8.46. The van der Waals surface area contributed by atoms with Crippen LogP contribution in [0.15, 0.2) is 49.0 Å². The standard InChI is InChI=1S/C27H34ClNO5Si/c1-7-19-10-13-22(28)16-23(19)20-8-11-21(12-9-20)27(33-3)17-24(25(30)32-2)29(18-27)26(31)34-14-15-35(4,5)6/h7-13,16,24H,1,14-15,17-18H2,2-6H3/t24-,27-/m0/s1. The number of likely N-dealkylation sites (tertiary alicyclic amines) is 1. The molecule has 0 unspecified atom stereocenters. The average molecular weight is 516 g/mol. The number of amides is 1. The highest BCUT2D eigenvalue weighted by Crippen LogP contribution is 2.40. The van der Waals surface area contributed by atoms with Gasteiger partial charge in [-0.1, -0.05) is 74.2 Å². The van der Waals surface area contributed by atoms with Crippen molar-refractivity contribution in [2.75, 3.05) is 27.4 Å². The van der Waals surface area contributed by atoms with E-state index in [1.807, 2.05) is 42.5 Å². The summed E-state index contributed by atoms with van der Waals surface area (Å²) < 4.78 is 16.5. The van der Waals surface area contributed by atoms with Gasteiger partial charge in [0.15, 0.2) is 0 Å². The number of carbonyl (C=O) groups excluding carboxylic acids is 2. The molecule has 2 atom stereocenters. The van der Waals surface area contributed by atoms with E-state index >= 15 is 0 Å². The Morgan fingerprint density at radius 2 is 1.86 bits per heavy atom. The van der Waals surface area contributed by atoms with Crippen LogP contribution >= 0.6 is 11.6 Å². The summed E-state index contributed by atoms with van der Waals surface area (Å²) in [7, 11) is 1.54. The van der Waals surface area contributed by atoms with Crippen molar-refractivity contribution < 1.29 is 23.8 Å². The monoisotopic (exact) mass is 515 g/mol. The molecule has 6 nitrogen and oxygen atoms in total. The number of halogens is 1. The van der Waals surface area contributed by atoms with E-state index in [9.17, 15) is 9.59 Å². The maximum absolute atomic E-state index is 13.0. The first-order valence-electron chi connectivity index (χ1n) is 11.6. The third kappa shape index (κ3) is 6.15. The van der Waals surface area contributed by atoms with E-state index in [0.717, 1.165) is 28.3 Å². The maximum Gasteiger partial charge on any atom is 0.410 e. The SMILES string of the molecule is C=Cc1ccc(Cl)cc1-c1ccc([C@]2(OC)C[C@@H](C(=O)OC)N(C(=O)OCC[Si](C)(C)C)C2)cc1. The van der Waals surface area contributed by atoms with Crippen LogP contribution < -0.4 is 0 Å². The lowest BCUT2D eigenvalue weighted by molar-refractivity contribution is -0.145. The molecule has 188 valence electrons. The van der Waals surface area contributed by atoms with E-state index < -0.39 is 31.8 Å². The molecule has 8 heteroatoms. The van der Waals surface area contributed by atoms with Gasteiger partial charge in [0.1, 0.15) is 11.6 Å². The van der Waals surface area contributed by atoms with Crippen molar-refractivity contribution in [2.45, 2.75) is 43.7 Å². The summed E-state index contributed by atoms with van der Waals surface area (Å²) in [5.74, 6) is -0.489. The number of hydrogen-bond acceptors (Lipinski definition) is 5. The molecule has 1 saturated heterocycles. The number of benzene rings is 2. The second-order valence-electron chi connectivity index (χ2n) is 10.0. The Labute approximate surface area is 213 Å². The molecule has 1 fully saturated rings. The summed E-state index contributed by atoms with van der Waals surface area (Å²) in [5, 5.41) is 0.642. The summed E-state index contributed by atoms with van der Waals surface area (Å²) in [5.41, 5.74) is 2.91. The van der Waals surface area contributed by atoms with Gasteiger partial charge in [0.25, 0.3) is 0 Å². The van der Waals surface area contributed by atoms with Crippen LogP contribution in [0.1, 0.15) is 17.5 Å². The second-order valence-corrected chi connectivity index (χ2v) is 16.1. The molecule has 2 aromatic carbocycles. The molecule has 0 aromatic heterocycles. The highest BCUT2D eigenvalue weighted by Gasteiger charge is 2.51. The molecule has 35 heavy (non-hydrogen) atoms. The van der Waals surface area contributed by atoms with Gasteiger partial charge in [0.05, 0.1) is 20.3 Å². The smallest absolute Gasteiger partial charge is 0.410 e. The van der Waals surface area contributed by atoms with Gasteiger partial charge in [-0.3, -0.25) is 4.90 Å². The number of ether oxygens (including phenoxy) is 3. The van der Waals surface area contributed by atoms with Gasteiger partial charge >= 0.3 is 12.1 Å². The van der Waals surface area contributed by atoms with E-state index in [4.69, 9.17) is 25.8 Å². The summed E-state index contributed by atoms with van der Waals surface area (Å²) >= 11 is 6.22. The minimum absolute atomic E-state index is 0.184. The fraction of sp³-hybridized carbons (Fsp3) is 0.407. The van der Waals surface area contributed by atoms with Crippen molar-refractivity contribution in [3.05, 3.63) is 65.2 Å². The zero-order valence-electron chi connectivity index (χ0n) is 21.1. The summed E-state index contributed by atoms with van der Waals surface area (Å²) in [6.07, 6.45) is 1.54. The second kappa shape index (κ2) is 11.0. The van der Waals surface area contributed by atoms with Crippen LogP contribution in [0.5, 0.6) is 0 Å². The molecular formula is C27H34ClNO5Si. The molecule has 1 amide bonds. The van der Waals surface area contributed by atoms with E-state index in [1.165, 1.54) is 12.0 Å². The van der Waals surface area contributed by atoms with Crippen LogP contribution in [0, 0.1) is 0 Å². The summed E-state index contributed by atoms with van der Waals surface area (Å²) in [6, 6.07) is 13.6. The number of rotatable bonds is 8. The first-order valence-corrected chi connectivity index (χ1v) is 15.7. The number of carbonyl (C=O) groups is 2. The van der Waals surface area contributed by atoms with Crippen LogP contribution in [-0.4, -0.2) is 58.4 Å². The Hall–Kier alpha value is -2.61. The number of esters is 1. The lowest BCUT2D eigenvalue weighted by Crippen LogP contribution is -2.42. The molecule has 0 spiro atoms.